The third-order valence-corrected chi connectivity index (χ3v) is 0. The Balaban J connectivity index is -0.00000000533. The number of rotatable bonds is 0. The largest absolute Gasteiger partial charge is 2.00 e. The molecule has 9 heavy (non-hydrogen) atoms. The van der Waals surface area contributed by atoms with Crippen LogP contribution < -0.4 is 12.3 Å². The molecule has 11 N–H and O–H groups in total. The number of hydrogen-bond donors (Lipinski definition) is 5. The summed E-state index contributed by atoms with van der Waals surface area (Å²) >= 11 is 0. The second-order valence-electron chi connectivity index (χ2n) is 0.513. The first-order chi connectivity index (χ1) is 2.00. The first-order valence-electron chi connectivity index (χ1n) is 0.783. The van der Waals surface area contributed by atoms with Crippen molar-refractivity contribution in [3.8, 4) is 0 Å². The van der Waals surface area contributed by atoms with Crippen molar-refractivity contribution in [1.29, 1.82) is 0 Å². The second kappa shape index (κ2) is 11.5. The van der Waals surface area contributed by atoms with Crippen LogP contribution in [0.1, 0.15) is 2.85 Å². The zero-order chi connectivity index (χ0) is 4.50. The standard InChI is InChI=1S/Mg.2H3N.H3O4P.H2O.2H/c;;;1-5(2,3)4;;;/h;2*1H3;(H3,1,2,3,4);1H2;;/q+2;;;;;2*-1. The van der Waals surface area contributed by atoms with Gasteiger partial charge in [0, 0.05) is 0 Å². The summed E-state index contributed by atoms with van der Waals surface area (Å²) in [5, 5.41) is 0. The SMILES string of the molecule is N.N.O.O=P(O)(O)O.[H-].[H-].[Mg+2]. The fourth-order valence-electron chi connectivity index (χ4n) is 0. The fraction of sp³-hybridized carbons (Fsp3) is 0. The van der Waals surface area contributed by atoms with E-state index in [4.69, 9.17) is 19.2 Å². The molecule has 0 heterocycles. The second-order valence-corrected chi connectivity index (χ2v) is 1.54. The van der Waals surface area contributed by atoms with Crippen molar-refractivity contribution in [2.75, 3.05) is 0 Å². The van der Waals surface area contributed by atoms with Gasteiger partial charge >= 0.3 is 30.9 Å². The van der Waals surface area contributed by atoms with E-state index in [1.54, 1.807) is 0 Å². The fourth-order valence-corrected chi connectivity index (χ4v) is 0. The van der Waals surface area contributed by atoms with Gasteiger partial charge in [0.2, 0.25) is 0 Å². The summed E-state index contributed by atoms with van der Waals surface area (Å²) < 4.78 is 8.88. The average Bonchev–Trinajstić information content (AvgIpc) is 0.722. The summed E-state index contributed by atoms with van der Waals surface area (Å²) in [5.41, 5.74) is 0. The van der Waals surface area contributed by atoms with E-state index in [2.05, 4.69) is 0 Å². The topological polar surface area (TPSA) is 179 Å². The molecule has 9 heteroatoms. The van der Waals surface area contributed by atoms with Crippen LogP contribution >= 0.6 is 7.82 Å². The van der Waals surface area contributed by atoms with Crippen LogP contribution in [0.25, 0.3) is 0 Å². The summed E-state index contributed by atoms with van der Waals surface area (Å²) in [7, 11) is -4.64. The number of phosphoric acid groups is 1. The van der Waals surface area contributed by atoms with Crippen LogP contribution in [0, 0.1) is 0 Å². The van der Waals surface area contributed by atoms with E-state index in [0.29, 0.717) is 0 Å². The maximum atomic E-state index is 8.88. The van der Waals surface area contributed by atoms with Crippen molar-refractivity contribution >= 4 is 30.9 Å². The van der Waals surface area contributed by atoms with Gasteiger partial charge in [-0.15, -0.1) is 0 Å². The molecule has 0 aromatic carbocycles. The van der Waals surface area contributed by atoms with E-state index in [1.807, 2.05) is 0 Å². The first kappa shape index (κ1) is 33.1. The minimum absolute atomic E-state index is 0. The molecule has 0 bridgehead atoms. The van der Waals surface area contributed by atoms with Gasteiger partial charge in [0.15, 0.2) is 0 Å². The Hall–Kier alpha value is 0.756. The molecule has 0 radical (unpaired) electrons. The maximum Gasteiger partial charge on any atom is 2.00 e. The molecule has 0 amide bonds. The molecule has 0 unspecified atom stereocenters. The van der Waals surface area contributed by atoms with Crippen LogP contribution in [-0.4, -0.2) is 43.2 Å². The monoisotopic (exact) mass is 176 g/mol. The van der Waals surface area contributed by atoms with Gasteiger partial charge in [0.25, 0.3) is 0 Å². The van der Waals surface area contributed by atoms with Crippen LogP contribution in [0.5, 0.6) is 0 Å². The summed E-state index contributed by atoms with van der Waals surface area (Å²) in [5.74, 6) is 0. The summed E-state index contributed by atoms with van der Waals surface area (Å²) in [6, 6.07) is 0. The number of hydrogen-bond acceptors (Lipinski definition) is 3. The normalized spacial score (nSPS) is 6.56. The Kier molecular flexibility index (Phi) is 42.4. The molecular formula is H13MgN2O5P. The smallest absolute Gasteiger partial charge is 1.00 e. The molecule has 7 nitrogen and oxygen atoms in total. The van der Waals surface area contributed by atoms with Crippen LogP contribution in [0.2, 0.25) is 0 Å². The van der Waals surface area contributed by atoms with Gasteiger partial charge in [-0.1, -0.05) is 0 Å². The molecule has 0 fully saturated rings. The molecule has 0 aliphatic carbocycles. The van der Waals surface area contributed by atoms with Crippen LogP contribution in [-0.2, 0) is 4.57 Å². The maximum absolute atomic E-state index is 8.88. The minimum atomic E-state index is -4.64. The van der Waals surface area contributed by atoms with Crippen molar-refractivity contribution in [1.82, 2.24) is 12.3 Å². The predicted molar refractivity (Wildman–Crippen MR) is 35.9 cm³/mol. The van der Waals surface area contributed by atoms with Gasteiger partial charge in [-0.05, 0) is 0 Å². The Morgan fingerprint density at radius 1 is 1.11 bits per heavy atom. The Bertz CT molecular complexity index is 68.6. The quantitative estimate of drug-likeness (QED) is 0.219. The Labute approximate surface area is 71.3 Å². The third-order valence-electron chi connectivity index (χ3n) is 0. The zero-order valence-corrected chi connectivity index (χ0v) is 7.13. The van der Waals surface area contributed by atoms with Crippen molar-refractivity contribution in [2.24, 2.45) is 0 Å². The minimum Gasteiger partial charge on any atom is -1.00 e. The molecule has 0 rings (SSSR count). The molecule has 0 atom stereocenters. The van der Waals surface area contributed by atoms with Crippen LogP contribution in [0.4, 0.5) is 0 Å². The summed E-state index contributed by atoms with van der Waals surface area (Å²) in [4.78, 5) is 21.6. The van der Waals surface area contributed by atoms with E-state index >= 15 is 0 Å². The molecule has 0 aliphatic rings. The molecule has 0 aliphatic heterocycles. The van der Waals surface area contributed by atoms with Crippen molar-refractivity contribution < 1.29 is 27.6 Å². The molecule has 60 valence electrons. The molecule has 0 aromatic rings. The van der Waals surface area contributed by atoms with Gasteiger partial charge in [0.05, 0.1) is 0 Å². The van der Waals surface area contributed by atoms with E-state index in [0.717, 1.165) is 0 Å². The molecule has 0 saturated heterocycles. The van der Waals surface area contributed by atoms with Crippen molar-refractivity contribution in [3.05, 3.63) is 0 Å². The Morgan fingerprint density at radius 3 is 1.11 bits per heavy atom. The van der Waals surface area contributed by atoms with Gasteiger partial charge in [-0.3, -0.25) is 0 Å². The summed E-state index contributed by atoms with van der Waals surface area (Å²) in [6.45, 7) is 0. The van der Waals surface area contributed by atoms with Gasteiger partial charge in [-0.2, -0.15) is 0 Å². The van der Waals surface area contributed by atoms with Crippen molar-refractivity contribution in [3.63, 3.8) is 0 Å². The van der Waals surface area contributed by atoms with Gasteiger partial charge in [-0.25, -0.2) is 4.57 Å². The van der Waals surface area contributed by atoms with Gasteiger partial charge in [0.1, 0.15) is 0 Å². The van der Waals surface area contributed by atoms with Gasteiger partial charge < -0.3 is 35.3 Å². The average molecular weight is 176 g/mol. The van der Waals surface area contributed by atoms with E-state index in [9.17, 15) is 0 Å². The zero-order valence-electron chi connectivity index (χ0n) is 6.82. The first-order valence-corrected chi connectivity index (χ1v) is 2.35. The molecule has 0 spiro atoms. The van der Waals surface area contributed by atoms with E-state index in [1.165, 1.54) is 0 Å². The predicted octanol–water partition coefficient (Wildman–Crippen LogP) is -1.59. The third kappa shape index (κ3) is 699. The molecular weight excluding hydrogens is 163 g/mol. The van der Waals surface area contributed by atoms with Crippen molar-refractivity contribution in [2.45, 2.75) is 0 Å². The molecule has 0 aromatic heterocycles. The van der Waals surface area contributed by atoms with Crippen LogP contribution in [0.3, 0.4) is 0 Å². The van der Waals surface area contributed by atoms with Crippen LogP contribution in [0.15, 0.2) is 0 Å². The molecule has 0 saturated carbocycles. The summed E-state index contributed by atoms with van der Waals surface area (Å²) in [6.07, 6.45) is 0. The van der Waals surface area contributed by atoms with E-state index < -0.39 is 7.82 Å². The Morgan fingerprint density at radius 2 is 1.11 bits per heavy atom. The van der Waals surface area contributed by atoms with E-state index in [-0.39, 0.29) is 43.7 Å².